The zero-order valence-corrected chi connectivity index (χ0v) is 23.5. The number of hydrogen-bond acceptors (Lipinski definition) is 3. The lowest BCUT2D eigenvalue weighted by Crippen LogP contribution is -1.88. The molecule has 0 aliphatic rings. The average Bonchev–Trinajstić information content (AvgIpc) is 3.10. The molecule has 0 unspecified atom stereocenters. The number of hydrogen-bond donors (Lipinski definition) is 0. The first-order chi connectivity index (χ1) is 21.7. The zero-order chi connectivity index (χ0) is 29.6. The monoisotopic (exact) mass is 558 g/mol. The van der Waals surface area contributed by atoms with E-state index in [1.54, 1.807) is 12.4 Å². The van der Waals surface area contributed by atoms with E-state index in [4.69, 9.17) is 6.57 Å². The number of benzene rings is 6. The highest BCUT2D eigenvalue weighted by Gasteiger charge is 2.13. The first-order valence-electron chi connectivity index (χ1n) is 14.3. The summed E-state index contributed by atoms with van der Waals surface area (Å²) >= 11 is 0. The van der Waals surface area contributed by atoms with E-state index in [9.17, 15) is 5.26 Å². The summed E-state index contributed by atoms with van der Waals surface area (Å²) in [6.45, 7) is 7.25. The van der Waals surface area contributed by atoms with Gasteiger partial charge in [0, 0.05) is 6.20 Å². The van der Waals surface area contributed by atoms with Crippen molar-refractivity contribution in [2.75, 3.05) is 0 Å². The van der Waals surface area contributed by atoms with Crippen molar-refractivity contribution < 1.29 is 0 Å². The van der Waals surface area contributed by atoms with Gasteiger partial charge in [-0.3, -0.25) is 0 Å². The molecule has 4 nitrogen and oxygen atoms in total. The molecule has 0 saturated heterocycles. The first-order valence-corrected chi connectivity index (χ1v) is 14.3. The van der Waals surface area contributed by atoms with Crippen LogP contribution < -0.4 is 0 Å². The van der Waals surface area contributed by atoms with Crippen LogP contribution in [0.3, 0.4) is 0 Å². The van der Waals surface area contributed by atoms with E-state index < -0.39 is 0 Å². The van der Waals surface area contributed by atoms with Gasteiger partial charge in [-0.2, -0.15) is 5.26 Å². The smallest absolute Gasteiger partial charge is 0.270 e. The van der Waals surface area contributed by atoms with Crippen LogP contribution in [-0.2, 0) is 0 Å². The Kier molecular flexibility index (Phi) is 5.86. The standard InChI is InChI=1S/C40H22N4/c1-42-38-23-30(15-17-44-38)26-4-8-28(9-5-26)36-20-33-12-10-31-18-35(19-32-11-13-34(21-36)40(33)39(31)32)27-6-2-25(3-7-27)29-14-16-43-37(22-29)24-41/h2-23H. The average molecular weight is 559 g/mol. The Morgan fingerprint density at radius 2 is 0.864 bits per heavy atom. The molecule has 2 heterocycles. The Morgan fingerprint density at radius 1 is 0.455 bits per heavy atom. The molecule has 0 amide bonds. The molecule has 0 fully saturated rings. The molecule has 2 aromatic heterocycles. The van der Waals surface area contributed by atoms with E-state index >= 15 is 0 Å². The second kappa shape index (κ2) is 10.2. The van der Waals surface area contributed by atoms with Crippen LogP contribution in [0, 0.1) is 17.9 Å². The first kappa shape index (κ1) is 25.4. The minimum Gasteiger partial charge on any atom is -0.361 e. The molecule has 0 radical (unpaired) electrons. The van der Waals surface area contributed by atoms with Crippen molar-refractivity contribution >= 4 is 38.1 Å². The summed E-state index contributed by atoms with van der Waals surface area (Å²) in [6, 6.07) is 44.7. The summed E-state index contributed by atoms with van der Waals surface area (Å²) in [4.78, 5) is 11.6. The number of pyridine rings is 2. The van der Waals surface area contributed by atoms with Gasteiger partial charge in [-0.15, -0.1) is 4.98 Å². The van der Waals surface area contributed by atoms with E-state index in [1.807, 2.05) is 24.3 Å². The molecule has 44 heavy (non-hydrogen) atoms. The molecule has 0 bridgehead atoms. The van der Waals surface area contributed by atoms with Gasteiger partial charge in [-0.05, 0) is 125 Å². The van der Waals surface area contributed by atoms with Gasteiger partial charge in [0.1, 0.15) is 18.0 Å². The van der Waals surface area contributed by atoms with Crippen LogP contribution in [0.4, 0.5) is 5.82 Å². The maximum atomic E-state index is 9.21. The lowest BCUT2D eigenvalue weighted by molar-refractivity contribution is 1.26. The Morgan fingerprint density at radius 3 is 1.30 bits per heavy atom. The fraction of sp³-hybridized carbons (Fsp3) is 0. The lowest BCUT2D eigenvalue weighted by Gasteiger charge is -2.15. The molecule has 0 N–H and O–H groups in total. The van der Waals surface area contributed by atoms with Crippen molar-refractivity contribution in [1.29, 1.82) is 5.26 Å². The quantitative estimate of drug-likeness (QED) is 0.159. The van der Waals surface area contributed by atoms with E-state index in [0.717, 1.165) is 33.4 Å². The van der Waals surface area contributed by atoms with E-state index in [-0.39, 0.29) is 0 Å². The van der Waals surface area contributed by atoms with Gasteiger partial charge in [-0.25, -0.2) is 4.98 Å². The molecule has 0 aliphatic carbocycles. The molecule has 0 saturated carbocycles. The topological polar surface area (TPSA) is 53.9 Å². The van der Waals surface area contributed by atoms with Crippen LogP contribution in [0.25, 0.3) is 81.7 Å². The number of nitrogens with zero attached hydrogens (tertiary/aromatic N) is 4. The molecule has 6 aromatic carbocycles. The van der Waals surface area contributed by atoms with Crippen LogP contribution >= 0.6 is 0 Å². The fourth-order valence-corrected chi connectivity index (χ4v) is 6.21. The molecular formula is C40H22N4. The number of nitriles is 1. The molecule has 0 atom stereocenters. The minimum absolute atomic E-state index is 0.403. The third-order valence-corrected chi connectivity index (χ3v) is 8.37. The highest BCUT2D eigenvalue weighted by Crippen LogP contribution is 2.40. The fourth-order valence-electron chi connectivity index (χ4n) is 6.21. The van der Waals surface area contributed by atoms with Gasteiger partial charge in [-0.1, -0.05) is 79.4 Å². The van der Waals surface area contributed by atoms with Gasteiger partial charge in [0.15, 0.2) is 0 Å². The Bertz CT molecular complexity index is 2200. The lowest BCUT2D eigenvalue weighted by atomic mass is 9.89. The largest absolute Gasteiger partial charge is 0.361 e. The second-order valence-electron chi connectivity index (χ2n) is 10.9. The van der Waals surface area contributed by atoms with E-state index in [0.29, 0.717) is 11.5 Å². The Labute approximate surface area is 254 Å². The Hall–Kier alpha value is -6.36. The summed E-state index contributed by atoms with van der Waals surface area (Å²) < 4.78 is 0. The van der Waals surface area contributed by atoms with Gasteiger partial charge in [0.25, 0.3) is 5.82 Å². The molecular weight excluding hydrogens is 536 g/mol. The summed E-state index contributed by atoms with van der Waals surface area (Å²) in [5, 5.41) is 16.7. The van der Waals surface area contributed by atoms with Crippen LogP contribution in [-0.4, -0.2) is 9.97 Å². The maximum absolute atomic E-state index is 9.21. The third kappa shape index (κ3) is 4.31. The molecule has 0 aliphatic heterocycles. The highest BCUT2D eigenvalue weighted by molar-refractivity contribution is 6.24. The molecule has 8 rings (SSSR count). The summed E-state index contributed by atoms with van der Waals surface area (Å²) in [6.07, 6.45) is 3.36. The van der Waals surface area contributed by atoms with Crippen molar-refractivity contribution in [1.82, 2.24) is 9.97 Å². The molecule has 0 spiro atoms. The van der Waals surface area contributed by atoms with E-state index in [2.05, 4.69) is 118 Å². The predicted octanol–water partition coefficient (Wildman–Crippen LogP) is 10.5. The van der Waals surface area contributed by atoms with Gasteiger partial charge >= 0.3 is 0 Å². The van der Waals surface area contributed by atoms with Crippen molar-refractivity contribution in [2.24, 2.45) is 0 Å². The van der Waals surface area contributed by atoms with Gasteiger partial charge < -0.3 is 4.85 Å². The molecule has 4 heteroatoms. The molecule has 202 valence electrons. The Balaban J connectivity index is 1.15. The van der Waals surface area contributed by atoms with Crippen molar-refractivity contribution in [3.63, 3.8) is 0 Å². The van der Waals surface area contributed by atoms with Crippen LogP contribution in [0.2, 0.25) is 0 Å². The molecule has 8 aromatic rings. The van der Waals surface area contributed by atoms with Gasteiger partial charge in [0.2, 0.25) is 0 Å². The highest BCUT2D eigenvalue weighted by atomic mass is 14.8. The van der Waals surface area contributed by atoms with E-state index in [1.165, 1.54) is 43.4 Å². The minimum atomic E-state index is 0.403. The summed E-state index contributed by atoms with van der Waals surface area (Å²) in [7, 11) is 0. The van der Waals surface area contributed by atoms with Crippen LogP contribution in [0.15, 0.2) is 134 Å². The third-order valence-electron chi connectivity index (χ3n) is 8.37. The zero-order valence-electron chi connectivity index (χ0n) is 23.5. The maximum Gasteiger partial charge on any atom is 0.270 e. The summed E-state index contributed by atoms with van der Waals surface area (Å²) in [5.41, 5.74) is 9.17. The normalized spacial score (nSPS) is 11.1. The summed E-state index contributed by atoms with van der Waals surface area (Å²) in [5.74, 6) is 0.403. The predicted molar refractivity (Wildman–Crippen MR) is 178 cm³/mol. The number of aromatic nitrogens is 2. The number of rotatable bonds is 4. The van der Waals surface area contributed by atoms with Gasteiger partial charge in [0.05, 0.1) is 0 Å². The SMILES string of the molecule is [C-]#[N+]c1cc(-c2ccc(-c3cc4ccc5cc(-c6ccc(-c7ccnc(C#N)c7)cc6)cc6ccc(c3)c4c56)cc2)ccn1. The van der Waals surface area contributed by atoms with Crippen LogP contribution in [0.1, 0.15) is 5.69 Å². The van der Waals surface area contributed by atoms with Crippen molar-refractivity contribution in [2.45, 2.75) is 0 Å². The van der Waals surface area contributed by atoms with Crippen molar-refractivity contribution in [3.8, 4) is 50.6 Å². The second-order valence-corrected chi connectivity index (χ2v) is 10.9. The van der Waals surface area contributed by atoms with Crippen LogP contribution in [0.5, 0.6) is 0 Å². The van der Waals surface area contributed by atoms with Crippen molar-refractivity contribution in [3.05, 3.63) is 151 Å².